The molecule has 2 aliphatic rings. The average Bonchev–Trinajstić information content (AvgIpc) is 2.84. The number of hydrogen-bond donors (Lipinski definition) is 0. The average molecular weight is 282 g/mol. The number of ether oxygens (including phenoxy) is 1. The molecule has 0 aromatic heterocycles. The van der Waals surface area contributed by atoms with Gasteiger partial charge < -0.3 is 4.74 Å². The molecule has 0 radical (unpaired) electrons. The van der Waals surface area contributed by atoms with Crippen LogP contribution in [-0.2, 0) is 4.74 Å². The molecular weight excluding hydrogens is 264 g/mol. The molecule has 0 saturated carbocycles. The minimum absolute atomic E-state index is 0.586. The van der Waals surface area contributed by atoms with Gasteiger partial charge in [0.25, 0.3) is 0 Å². The minimum Gasteiger partial charge on any atom is -0.343 e. The summed E-state index contributed by atoms with van der Waals surface area (Å²) in [5.74, 6) is 0. The molecule has 2 aromatic carbocycles. The molecule has 108 valence electrons. The largest absolute Gasteiger partial charge is 0.343 e. The summed E-state index contributed by atoms with van der Waals surface area (Å²) in [6, 6.07) is 20.8. The molecule has 5 heteroatoms. The van der Waals surface area contributed by atoms with Crippen LogP contribution in [0.5, 0.6) is 0 Å². The Bertz CT molecular complexity index is 592. The maximum absolute atomic E-state index is 5.82. The Labute approximate surface area is 124 Å². The maximum atomic E-state index is 5.82. The predicted molar refractivity (Wildman–Crippen MR) is 82.1 cm³/mol. The van der Waals surface area contributed by atoms with Crippen molar-refractivity contribution in [3.05, 3.63) is 60.7 Å². The number of para-hydroxylation sites is 2. The fourth-order valence-corrected chi connectivity index (χ4v) is 2.81. The van der Waals surface area contributed by atoms with Crippen LogP contribution < -0.4 is 10.0 Å². The molecular formula is C16H18N4O. The quantitative estimate of drug-likeness (QED) is 0.840. The van der Waals surface area contributed by atoms with Crippen molar-refractivity contribution in [3.63, 3.8) is 0 Å². The number of hydrogen-bond acceptors (Lipinski definition) is 5. The molecule has 2 fully saturated rings. The van der Waals surface area contributed by atoms with Crippen molar-refractivity contribution < 1.29 is 4.74 Å². The van der Waals surface area contributed by atoms with Crippen molar-refractivity contribution in [3.8, 4) is 0 Å². The van der Waals surface area contributed by atoms with Gasteiger partial charge in [0.2, 0.25) is 0 Å². The van der Waals surface area contributed by atoms with Crippen LogP contribution in [0.15, 0.2) is 60.7 Å². The highest BCUT2D eigenvalue weighted by Gasteiger charge is 2.34. The van der Waals surface area contributed by atoms with Crippen molar-refractivity contribution in [1.29, 1.82) is 0 Å². The number of rotatable bonds is 2. The van der Waals surface area contributed by atoms with E-state index in [1.54, 1.807) is 0 Å². The van der Waals surface area contributed by atoms with Crippen LogP contribution in [0.25, 0.3) is 0 Å². The summed E-state index contributed by atoms with van der Waals surface area (Å²) >= 11 is 0. The first-order valence-electron chi connectivity index (χ1n) is 7.14. The summed E-state index contributed by atoms with van der Waals surface area (Å²) in [7, 11) is 0. The van der Waals surface area contributed by atoms with E-state index in [9.17, 15) is 0 Å². The van der Waals surface area contributed by atoms with Crippen LogP contribution in [0.1, 0.15) is 0 Å². The lowest BCUT2D eigenvalue weighted by Crippen LogP contribution is -2.44. The molecule has 2 aromatic rings. The fourth-order valence-electron chi connectivity index (χ4n) is 2.81. The number of anilines is 2. The van der Waals surface area contributed by atoms with Crippen molar-refractivity contribution in [2.24, 2.45) is 0 Å². The van der Waals surface area contributed by atoms with Crippen LogP contribution >= 0.6 is 0 Å². The zero-order chi connectivity index (χ0) is 14.1. The Morgan fingerprint density at radius 1 is 0.619 bits per heavy atom. The highest BCUT2D eigenvalue weighted by Crippen LogP contribution is 2.27. The van der Waals surface area contributed by atoms with E-state index in [1.807, 2.05) is 12.1 Å². The van der Waals surface area contributed by atoms with Crippen LogP contribution in [0.3, 0.4) is 0 Å². The molecule has 0 spiro atoms. The van der Waals surface area contributed by atoms with Gasteiger partial charge in [-0.1, -0.05) is 36.4 Å². The van der Waals surface area contributed by atoms with E-state index in [-0.39, 0.29) is 0 Å². The van der Waals surface area contributed by atoms with Gasteiger partial charge in [-0.15, -0.1) is 0 Å². The van der Waals surface area contributed by atoms with Crippen molar-refractivity contribution in [1.82, 2.24) is 10.0 Å². The highest BCUT2D eigenvalue weighted by molar-refractivity contribution is 5.48. The summed E-state index contributed by atoms with van der Waals surface area (Å²) in [6.07, 6.45) is 0. The molecule has 2 bridgehead atoms. The summed E-state index contributed by atoms with van der Waals surface area (Å²) in [5.41, 5.74) is 2.35. The Morgan fingerprint density at radius 2 is 1.24 bits per heavy atom. The predicted octanol–water partition coefficient (Wildman–Crippen LogP) is 2.31. The summed E-state index contributed by atoms with van der Waals surface area (Å²) in [4.78, 5) is 0. The SMILES string of the molecule is c1ccc(N2COCN3CN2CN3c2ccccc2)cc1. The lowest BCUT2D eigenvalue weighted by Gasteiger charge is -2.33. The van der Waals surface area contributed by atoms with Gasteiger partial charge in [0.1, 0.15) is 20.1 Å². The van der Waals surface area contributed by atoms with E-state index in [0.717, 1.165) is 19.0 Å². The van der Waals surface area contributed by atoms with Gasteiger partial charge in [-0.2, -0.15) is 10.0 Å². The first-order chi connectivity index (χ1) is 10.4. The van der Waals surface area contributed by atoms with Crippen molar-refractivity contribution in [2.45, 2.75) is 0 Å². The Kier molecular flexibility index (Phi) is 3.23. The third-order valence-electron chi connectivity index (χ3n) is 3.87. The summed E-state index contributed by atoms with van der Waals surface area (Å²) < 4.78 is 5.82. The van der Waals surface area contributed by atoms with E-state index in [1.165, 1.54) is 5.69 Å². The third-order valence-corrected chi connectivity index (χ3v) is 3.87. The van der Waals surface area contributed by atoms with E-state index in [4.69, 9.17) is 4.74 Å². The van der Waals surface area contributed by atoms with Crippen molar-refractivity contribution >= 4 is 11.4 Å². The molecule has 2 saturated heterocycles. The Morgan fingerprint density at radius 3 is 1.90 bits per heavy atom. The van der Waals surface area contributed by atoms with Crippen LogP contribution in [0.2, 0.25) is 0 Å². The third kappa shape index (κ3) is 2.35. The van der Waals surface area contributed by atoms with Gasteiger partial charge in [0.05, 0.1) is 18.0 Å². The molecule has 2 unspecified atom stereocenters. The first kappa shape index (κ1) is 12.6. The zero-order valence-electron chi connectivity index (χ0n) is 11.8. The lowest BCUT2D eigenvalue weighted by molar-refractivity contribution is 0.0452. The smallest absolute Gasteiger partial charge is 0.135 e. The minimum atomic E-state index is 0.586. The van der Waals surface area contributed by atoms with E-state index in [0.29, 0.717) is 13.5 Å². The first-order valence-corrected chi connectivity index (χ1v) is 7.14. The van der Waals surface area contributed by atoms with E-state index < -0.39 is 0 Å². The van der Waals surface area contributed by atoms with Gasteiger partial charge in [0.15, 0.2) is 0 Å². The summed E-state index contributed by atoms with van der Waals surface area (Å²) in [5, 5.41) is 8.98. The number of hydrazine groups is 2. The molecule has 21 heavy (non-hydrogen) atoms. The molecule has 0 N–H and O–H groups in total. The van der Waals surface area contributed by atoms with Gasteiger partial charge in [0, 0.05) is 0 Å². The van der Waals surface area contributed by atoms with Crippen LogP contribution in [0, 0.1) is 0 Å². The monoisotopic (exact) mass is 282 g/mol. The Hall–Kier alpha value is -2.08. The molecule has 4 rings (SSSR count). The molecule has 2 heterocycles. The molecule has 0 aliphatic carbocycles. The second-order valence-corrected chi connectivity index (χ2v) is 5.23. The normalized spacial score (nSPS) is 25.0. The standard InChI is InChI=1S/C16H18N4O/c1-3-7-15(8-4-1)19-12-17-11-18(19)13-21-14-20(17)16-9-5-2-6-10-16/h1-10H,11-14H2. The number of fused-ring (bicyclic) bond motifs is 2. The van der Waals surface area contributed by atoms with Gasteiger partial charge >= 0.3 is 0 Å². The van der Waals surface area contributed by atoms with Gasteiger partial charge in [-0.3, -0.25) is 10.0 Å². The molecule has 2 aliphatic heterocycles. The van der Waals surface area contributed by atoms with E-state index >= 15 is 0 Å². The summed E-state index contributed by atoms with van der Waals surface area (Å²) in [6.45, 7) is 2.87. The Balaban J connectivity index is 1.60. The fraction of sp³-hybridized carbons (Fsp3) is 0.250. The van der Waals surface area contributed by atoms with E-state index in [2.05, 4.69) is 68.6 Å². The number of benzene rings is 2. The lowest BCUT2D eigenvalue weighted by atomic mass is 10.3. The van der Waals surface area contributed by atoms with Crippen molar-refractivity contribution in [2.75, 3.05) is 36.8 Å². The second-order valence-electron chi connectivity index (χ2n) is 5.23. The van der Waals surface area contributed by atoms with Gasteiger partial charge in [-0.25, -0.2) is 0 Å². The zero-order valence-corrected chi connectivity index (χ0v) is 11.8. The molecule has 2 atom stereocenters. The highest BCUT2D eigenvalue weighted by atomic mass is 16.5. The second kappa shape index (κ2) is 5.37. The van der Waals surface area contributed by atoms with Crippen LogP contribution in [-0.4, -0.2) is 36.8 Å². The molecule has 5 nitrogen and oxygen atoms in total. The topological polar surface area (TPSA) is 22.2 Å². The molecule has 0 amide bonds. The number of nitrogens with zero attached hydrogens (tertiary/aromatic N) is 4. The van der Waals surface area contributed by atoms with Crippen LogP contribution in [0.4, 0.5) is 11.4 Å². The maximum Gasteiger partial charge on any atom is 0.135 e. The van der Waals surface area contributed by atoms with Gasteiger partial charge in [-0.05, 0) is 24.3 Å².